The number of unbranched alkanes of at least 4 members (excludes halogenated alkanes) is 1. The van der Waals surface area contributed by atoms with Gasteiger partial charge < -0.3 is 5.73 Å². The Morgan fingerprint density at radius 1 is 1.27 bits per heavy atom. The number of nitrogens with zero attached hydrogens (tertiary/aromatic N) is 1. The fourth-order valence-corrected chi connectivity index (χ4v) is 0. The Kier molecular flexibility index (Phi) is 34.6. The molecule has 5 heteroatoms. The molecule has 0 aromatic heterocycles. The normalized spacial score (nSPS) is 6.55. The highest BCUT2D eigenvalue weighted by molar-refractivity contribution is 4.12. The largest absolute Gasteiger partial charge is 0.331 e. The molecule has 0 unspecified atom stereocenters. The highest BCUT2D eigenvalue weighted by Crippen LogP contribution is 1.76. The highest BCUT2D eigenvalue weighted by Gasteiger charge is 1.70. The molecule has 0 atom stereocenters. The number of hydrogen-bond acceptors (Lipinski definition) is 3. The summed E-state index contributed by atoms with van der Waals surface area (Å²) in [6.07, 6.45) is 2.64. The van der Waals surface area contributed by atoms with Crippen LogP contribution in [0.2, 0.25) is 0 Å². The van der Waals surface area contributed by atoms with Crippen LogP contribution in [-0.2, 0) is 5.21 Å². The molecule has 0 fully saturated rings. The lowest BCUT2D eigenvalue weighted by atomic mass is 10.4. The first-order valence-corrected chi connectivity index (χ1v) is 3.58. The molecule has 11 heavy (non-hydrogen) atoms. The Labute approximate surface area is 67.3 Å². The van der Waals surface area contributed by atoms with E-state index >= 15 is 0 Å². The smallest absolute Gasteiger partial charge is 0.322 e. The van der Waals surface area contributed by atoms with Gasteiger partial charge >= 0.3 is 5.09 Å². The van der Waals surface area contributed by atoms with Crippen molar-refractivity contribution in [1.29, 1.82) is 0 Å². The van der Waals surface area contributed by atoms with Crippen molar-refractivity contribution in [3.63, 3.8) is 0 Å². The van der Waals surface area contributed by atoms with Crippen LogP contribution in [0.3, 0.4) is 0 Å². The second kappa shape index (κ2) is 22.9. The SMILES string of the molecule is CCCC.CCN.[O][N+](=O)[O-]. The van der Waals surface area contributed by atoms with Gasteiger partial charge in [0.25, 0.3) is 0 Å². The average Bonchev–Trinajstić information content (AvgIpc) is 1.88. The van der Waals surface area contributed by atoms with Crippen LogP contribution >= 0.6 is 0 Å². The fourth-order valence-electron chi connectivity index (χ4n) is 0. The third-order valence-corrected chi connectivity index (χ3v) is 0.500. The molecule has 5 nitrogen and oxygen atoms in total. The van der Waals surface area contributed by atoms with Gasteiger partial charge in [-0.2, -0.15) is 0 Å². The Morgan fingerprint density at radius 3 is 1.36 bits per heavy atom. The molecule has 0 aliphatic rings. The topological polar surface area (TPSA) is 89.1 Å². The van der Waals surface area contributed by atoms with Crippen molar-refractivity contribution in [1.82, 2.24) is 0 Å². The zero-order valence-electron chi connectivity index (χ0n) is 7.37. The molecule has 0 bridgehead atoms. The molecule has 0 saturated heterocycles. The first-order valence-electron chi connectivity index (χ1n) is 3.58. The van der Waals surface area contributed by atoms with Gasteiger partial charge in [-0.25, -0.2) is 0 Å². The molecule has 0 heterocycles. The van der Waals surface area contributed by atoms with E-state index in [0.29, 0.717) is 0 Å². The minimum Gasteiger partial charge on any atom is -0.331 e. The predicted molar refractivity (Wildman–Crippen MR) is 43.0 cm³/mol. The molecule has 1 radical (unpaired) electrons. The number of hydrogen-bond donors (Lipinski definition) is 1. The molecular weight excluding hydrogens is 148 g/mol. The lowest BCUT2D eigenvalue weighted by molar-refractivity contribution is -0.782. The first-order chi connectivity index (χ1) is 5.06. The molecule has 0 rings (SSSR count). The zero-order valence-corrected chi connectivity index (χ0v) is 7.37. The summed E-state index contributed by atoms with van der Waals surface area (Å²) in [5, 5.41) is 14.8. The standard InChI is InChI=1S/C4H10.C2H7N.NO3/c1-3-4-2;1-2-3;2-1(3)4/h3-4H2,1-2H3;2-3H2,1H3;. The van der Waals surface area contributed by atoms with E-state index in [4.69, 9.17) is 21.1 Å². The monoisotopic (exact) mass is 165 g/mol. The van der Waals surface area contributed by atoms with Gasteiger partial charge in [-0.15, -0.1) is 15.3 Å². The van der Waals surface area contributed by atoms with Gasteiger partial charge in [-0.1, -0.05) is 33.6 Å². The van der Waals surface area contributed by atoms with E-state index in [1.54, 1.807) is 0 Å². The van der Waals surface area contributed by atoms with Gasteiger partial charge in [0.15, 0.2) is 0 Å². The van der Waals surface area contributed by atoms with Crippen molar-refractivity contribution in [2.45, 2.75) is 33.6 Å². The Balaban J connectivity index is -0.0000000886. The molecule has 69 valence electrons. The van der Waals surface area contributed by atoms with Crippen molar-refractivity contribution >= 4 is 0 Å². The minimum absolute atomic E-state index is 0.750. The van der Waals surface area contributed by atoms with Gasteiger partial charge in [0.1, 0.15) is 0 Å². The predicted octanol–water partition coefficient (Wildman–Crippen LogP) is 1.38. The van der Waals surface area contributed by atoms with E-state index in [9.17, 15) is 0 Å². The summed E-state index contributed by atoms with van der Waals surface area (Å²) in [4.78, 5) is 8.25. The molecule has 0 amide bonds. The van der Waals surface area contributed by atoms with Crippen molar-refractivity contribution < 1.29 is 10.3 Å². The molecule has 0 spiro atoms. The molecular formula is C6H17N2O3. The molecule has 0 aromatic rings. The van der Waals surface area contributed by atoms with Gasteiger partial charge in [-0.3, -0.25) is 0 Å². The Hall–Kier alpha value is -0.840. The second-order valence-corrected chi connectivity index (χ2v) is 1.63. The van der Waals surface area contributed by atoms with E-state index in [0.717, 1.165) is 6.54 Å². The van der Waals surface area contributed by atoms with E-state index in [1.165, 1.54) is 12.8 Å². The zero-order chi connectivity index (χ0) is 9.70. The van der Waals surface area contributed by atoms with Crippen LogP contribution in [0.4, 0.5) is 0 Å². The van der Waals surface area contributed by atoms with E-state index < -0.39 is 5.09 Å². The Bertz CT molecular complexity index is 62.8. The van der Waals surface area contributed by atoms with Crippen LogP contribution in [-0.4, -0.2) is 11.6 Å². The molecule has 0 aromatic carbocycles. The summed E-state index contributed by atoms with van der Waals surface area (Å²) < 4.78 is 0. The third kappa shape index (κ3) is 18300. The van der Waals surface area contributed by atoms with Crippen LogP contribution in [0.5, 0.6) is 0 Å². The van der Waals surface area contributed by atoms with Crippen LogP contribution in [0.25, 0.3) is 0 Å². The summed E-state index contributed by atoms with van der Waals surface area (Å²) in [5.74, 6) is 0. The number of nitrogens with two attached hydrogens (primary N) is 1. The van der Waals surface area contributed by atoms with Crippen molar-refractivity contribution in [3.05, 3.63) is 10.1 Å². The summed E-state index contributed by atoms with van der Waals surface area (Å²) in [5.41, 5.74) is 4.85. The van der Waals surface area contributed by atoms with Crippen molar-refractivity contribution in [2.24, 2.45) is 5.73 Å². The van der Waals surface area contributed by atoms with Gasteiger partial charge in [0.2, 0.25) is 0 Å². The van der Waals surface area contributed by atoms with Gasteiger partial charge in [0.05, 0.1) is 0 Å². The van der Waals surface area contributed by atoms with Gasteiger partial charge in [-0.05, 0) is 6.54 Å². The Morgan fingerprint density at radius 2 is 1.36 bits per heavy atom. The van der Waals surface area contributed by atoms with Crippen LogP contribution in [0, 0.1) is 10.1 Å². The van der Waals surface area contributed by atoms with E-state index in [-0.39, 0.29) is 0 Å². The van der Waals surface area contributed by atoms with Gasteiger partial charge in [0, 0.05) is 0 Å². The maximum absolute atomic E-state index is 8.25. The van der Waals surface area contributed by atoms with Crippen LogP contribution in [0.1, 0.15) is 33.6 Å². The lowest BCUT2D eigenvalue weighted by Crippen LogP contribution is -1.87. The third-order valence-electron chi connectivity index (χ3n) is 0.500. The molecule has 0 aliphatic heterocycles. The van der Waals surface area contributed by atoms with E-state index in [2.05, 4.69) is 13.8 Å². The second-order valence-electron chi connectivity index (χ2n) is 1.63. The summed E-state index contributed by atoms with van der Waals surface area (Å²) in [7, 11) is 0. The maximum Gasteiger partial charge on any atom is 0.322 e. The number of rotatable bonds is 1. The minimum atomic E-state index is -1.75. The molecule has 2 N–H and O–H groups in total. The maximum atomic E-state index is 8.25. The summed E-state index contributed by atoms with van der Waals surface area (Å²) in [6, 6.07) is 0. The summed E-state index contributed by atoms with van der Waals surface area (Å²) in [6.45, 7) is 7.01. The van der Waals surface area contributed by atoms with E-state index in [1.807, 2.05) is 6.92 Å². The first kappa shape index (κ1) is 16.6. The average molecular weight is 165 g/mol. The van der Waals surface area contributed by atoms with Crippen molar-refractivity contribution in [2.75, 3.05) is 6.54 Å². The van der Waals surface area contributed by atoms with Crippen LogP contribution in [0.15, 0.2) is 0 Å². The fraction of sp³-hybridized carbons (Fsp3) is 1.00. The summed E-state index contributed by atoms with van der Waals surface area (Å²) >= 11 is 0. The lowest BCUT2D eigenvalue weighted by Gasteiger charge is -1.68. The van der Waals surface area contributed by atoms with Crippen molar-refractivity contribution in [3.8, 4) is 0 Å². The quantitative estimate of drug-likeness (QED) is 0.470. The molecule has 0 aliphatic carbocycles. The highest BCUT2D eigenvalue weighted by atomic mass is 16.9. The van der Waals surface area contributed by atoms with Crippen LogP contribution < -0.4 is 5.73 Å². The molecule has 0 saturated carbocycles.